The molecule has 236 valence electrons. The number of nitrogens with one attached hydrogen (secondary N) is 2. The van der Waals surface area contributed by atoms with Gasteiger partial charge in [0.05, 0.1) is 0 Å². The van der Waals surface area contributed by atoms with Gasteiger partial charge in [0, 0.05) is 18.4 Å². The standard InChI is InChI=1S/C38H56N2O3/c1-24(2)30-27(41)22-34(5)18-20-36(7)26(31(30)34)14-15-29-35(6)19-21-38(43,33(3,4)28(35)16-17-37(29,36)8)40-32(42)39-23-25-12-10-9-11-13-25/h9-13,24,26,28-29,43H,14-23H2,1-8H3,(H2,39,40,42)/t26-,28+,29-,34+,35+,36-,37-,38+/m1/s1. The first-order valence-corrected chi connectivity index (χ1v) is 17.1. The first-order valence-electron chi connectivity index (χ1n) is 17.1. The highest BCUT2D eigenvalue weighted by Gasteiger charge is 2.71. The van der Waals surface area contributed by atoms with Gasteiger partial charge in [-0.15, -0.1) is 0 Å². The van der Waals surface area contributed by atoms with Gasteiger partial charge in [-0.1, -0.05) is 91.3 Å². The number of amides is 2. The van der Waals surface area contributed by atoms with E-state index in [-0.39, 0.29) is 27.7 Å². The molecule has 4 saturated carbocycles. The van der Waals surface area contributed by atoms with Gasteiger partial charge in [-0.25, -0.2) is 4.79 Å². The summed E-state index contributed by atoms with van der Waals surface area (Å²) in [6.07, 6.45) is 9.04. The van der Waals surface area contributed by atoms with Crippen molar-refractivity contribution in [2.24, 2.45) is 50.7 Å². The lowest BCUT2D eigenvalue weighted by Gasteiger charge is -2.73. The molecule has 0 unspecified atom stereocenters. The van der Waals surface area contributed by atoms with Crippen LogP contribution in [-0.2, 0) is 11.3 Å². The van der Waals surface area contributed by atoms with Crippen LogP contribution < -0.4 is 10.6 Å². The second-order valence-corrected chi connectivity index (χ2v) is 17.1. The van der Waals surface area contributed by atoms with Gasteiger partial charge in [0.1, 0.15) is 5.72 Å². The minimum atomic E-state index is -1.26. The van der Waals surface area contributed by atoms with Crippen LogP contribution in [0.2, 0.25) is 0 Å². The summed E-state index contributed by atoms with van der Waals surface area (Å²) < 4.78 is 0. The Morgan fingerprint density at radius 1 is 0.884 bits per heavy atom. The van der Waals surface area contributed by atoms with Crippen molar-refractivity contribution in [1.29, 1.82) is 0 Å². The summed E-state index contributed by atoms with van der Waals surface area (Å²) in [5, 5.41) is 18.2. The number of rotatable bonds is 4. The normalized spacial score (nSPS) is 43.4. The third kappa shape index (κ3) is 4.26. The number of hydrogen-bond donors (Lipinski definition) is 3. The average Bonchev–Trinajstić information content (AvgIpc) is 3.21. The molecule has 0 aliphatic heterocycles. The maximum absolute atomic E-state index is 13.4. The number of carbonyl (C=O) groups is 2. The van der Waals surface area contributed by atoms with Crippen LogP contribution in [0.3, 0.4) is 0 Å². The number of ketones is 1. The van der Waals surface area contributed by atoms with E-state index in [1.807, 2.05) is 30.3 Å². The number of Topliss-reactive ketones (excluding diaryl/α,β-unsaturated/α-hetero) is 1. The number of allylic oxidation sites excluding steroid dienone is 2. The van der Waals surface area contributed by atoms with Gasteiger partial charge in [-0.3, -0.25) is 4.79 Å². The summed E-state index contributed by atoms with van der Waals surface area (Å²) >= 11 is 0. The quantitative estimate of drug-likeness (QED) is 0.311. The van der Waals surface area contributed by atoms with Gasteiger partial charge >= 0.3 is 6.03 Å². The van der Waals surface area contributed by atoms with Gasteiger partial charge in [0.15, 0.2) is 5.78 Å². The minimum absolute atomic E-state index is 0.0429. The molecule has 5 heteroatoms. The van der Waals surface area contributed by atoms with E-state index in [1.54, 1.807) is 0 Å². The maximum Gasteiger partial charge on any atom is 0.317 e. The molecule has 1 aromatic carbocycles. The summed E-state index contributed by atoms with van der Waals surface area (Å²) in [6.45, 7) is 19.4. The predicted molar refractivity (Wildman–Crippen MR) is 172 cm³/mol. The smallest absolute Gasteiger partial charge is 0.317 e. The molecule has 6 rings (SSSR count). The van der Waals surface area contributed by atoms with Gasteiger partial charge in [-0.05, 0) is 108 Å². The van der Waals surface area contributed by atoms with Gasteiger partial charge < -0.3 is 15.7 Å². The fourth-order valence-corrected chi connectivity index (χ4v) is 12.1. The van der Waals surface area contributed by atoms with E-state index in [0.29, 0.717) is 48.8 Å². The molecule has 4 fully saturated rings. The first kappa shape index (κ1) is 30.9. The maximum atomic E-state index is 13.4. The molecule has 8 atom stereocenters. The molecule has 43 heavy (non-hydrogen) atoms. The summed E-state index contributed by atoms with van der Waals surface area (Å²) in [4.78, 5) is 26.5. The summed E-state index contributed by atoms with van der Waals surface area (Å²) in [5.41, 5.74) is 2.48. The van der Waals surface area contributed by atoms with Crippen molar-refractivity contribution < 1.29 is 14.7 Å². The number of carbonyl (C=O) groups excluding carboxylic acids is 2. The van der Waals surface area contributed by atoms with Gasteiger partial charge in [0.25, 0.3) is 0 Å². The highest BCUT2D eigenvalue weighted by molar-refractivity contribution is 6.00. The lowest BCUT2D eigenvalue weighted by molar-refractivity contribution is -0.256. The molecule has 0 bridgehead atoms. The largest absolute Gasteiger partial charge is 0.370 e. The van der Waals surface area contributed by atoms with Crippen molar-refractivity contribution in [3.8, 4) is 0 Å². The number of fused-ring (bicyclic) bond motifs is 7. The lowest BCUT2D eigenvalue weighted by atomic mass is 9.32. The third-order valence-electron chi connectivity index (χ3n) is 14.6. The second-order valence-electron chi connectivity index (χ2n) is 17.1. The van der Waals surface area contributed by atoms with Crippen LogP contribution >= 0.6 is 0 Å². The van der Waals surface area contributed by atoms with Crippen LogP contribution in [0.4, 0.5) is 4.79 Å². The lowest BCUT2D eigenvalue weighted by Crippen LogP contribution is -2.71. The second kappa shape index (κ2) is 9.93. The van der Waals surface area contributed by atoms with E-state index >= 15 is 0 Å². The van der Waals surface area contributed by atoms with Crippen molar-refractivity contribution in [2.75, 3.05) is 0 Å². The monoisotopic (exact) mass is 588 g/mol. The molecule has 5 aliphatic rings. The van der Waals surface area contributed by atoms with Crippen LogP contribution in [0.15, 0.2) is 41.5 Å². The van der Waals surface area contributed by atoms with E-state index < -0.39 is 11.1 Å². The molecule has 0 heterocycles. The Morgan fingerprint density at radius 3 is 2.26 bits per heavy atom. The number of hydrogen-bond acceptors (Lipinski definition) is 3. The summed E-state index contributed by atoms with van der Waals surface area (Å²) in [5.74, 6) is 2.05. The average molecular weight is 589 g/mol. The van der Waals surface area contributed by atoms with Crippen molar-refractivity contribution in [3.05, 3.63) is 47.0 Å². The topological polar surface area (TPSA) is 78.4 Å². The van der Waals surface area contributed by atoms with Gasteiger partial charge in [-0.2, -0.15) is 0 Å². The zero-order valence-corrected chi connectivity index (χ0v) is 28.0. The van der Waals surface area contributed by atoms with Gasteiger partial charge in [0.2, 0.25) is 0 Å². The zero-order chi connectivity index (χ0) is 31.2. The summed E-state index contributed by atoms with van der Waals surface area (Å²) in [6, 6.07) is 9.60. The zero-order valence-electron chi connectivity index (χ0n) is 28.0. The molecule has 0 aromatic heterocycles. The van der Waals surface area contributed by atoms with Crippen LogP contribution in [0.5, 0.6) is 0 Å². The molecule has 0 radical (unpaired) electrons. The van der Waals surface area contributed by atoms with Crippen molar-refractivity contribution in [2.45, 2.75) is 125 Å². The Morgan fingerprint density at radius 2 is 1.58 bits per heavy atom. The fourth-order valence-electron chi connectivity index (χ4n) is 12.1. The van der Waals surface area contributed by atoms with E-state index in [0.717, 1.165) is 31.2 Å². The van der Waals surface area contributed by atoms with Crippen molar-refractivity contribution in [3.63, 3.8) is 0 Å². The summed E-state index contributed by atoms with van der Waals surface area (Å²) in [7, 11) is 0. The highest BCUT2D eigenvalue weighted by Crippen LogP contribution is 2.77. The Hall–Kier alpha value is -2.14. The predicted octanol–water partition coefficient (Wildman–Crippen LogP) is 8.18. The molecule has 3 N–H and O–H groups in total. The Bertz CT molecular complexity index is 1330. The van der Waals surface area contributed by atoms with Crippen LogP contribution in [0.1, 0.15) is 119 Å². The van der Waals surface area contributed by atoms with Crippen LogP contribution in [-0.4, -0.2) is 22.6 Å². The van der Waals surface area contributed by atoms with Crippen molar-refractivity contribution >= 4 is 11.8 Å². The van der Waals surface area contributed by atoms with Crippen LogP contribution in [0.25, 0.3) is 0 Å². The van der Waals surface area contributed by atoms with E-state index in [9.17, 15) is 14.7 Å². The molecule has 0 spiro atoms. The SMILES string of the molecule is CC(C)C1=C2[C@H]3CC[C@@H]4[C@@]5(C)CC[C@@](O)(NC(=O)NCc6ccccc6)C(C)(C)[C@@H]5CC[C@@]4(C)[C@]3(C)CC[C@@]2(C)CC1=O. The van der Waals surface area contributed by atoms with Crippen LogP contribution in [0, 0.1) is 50.7 Å². The molecule has 2 amide bonds. The molecule has 5 nitrogen and oxygen atoms in total. The van der Waals surface area contributed by atoms with E-state index in [4.69, 9.17) is 0 Å². The first-order chi connectivity index (χ1) is 20.0. The molecule has 0 saturated heterocycles. The molecular formula is C38H56N2O3. The van der Waals surface area contributed by atoms with Crippen molar-refractivity contribution in [1.82, 2.24) is 10.6 Å². The molecule has 5 aliphatic carbocycles. The third-order valence-corrected chi connectivity index (χ3v) is 14.6. The number of urea groups is 1. The Kier molecular flexibility index (Phi) is 7.13. The number of aliphatic hydroxyl groups is 1. The Balaban J connectivity index is 1.27. The molecular weight excluding hydrogens is 532 g/mol. The van der Waals surface area contributed by atoms with E-state index in [2.05, 4.69) is 66.0 Å². The minimum Gasteiger partial charge on any atom is -0.370 e. The number of benzene rings is 1. The van der Waals surface area contributed by atoms with E-state index in [1.165, 1.54) is 30.4 Å². The fraction of sp³-hybridized carbons (Fsp3) is 0.737. The Labute approximate surface area is 260 Å². The highest BCUT2D eigenvalue weighted by atomic mass is 16.3. The molecule has 1 aromatic rings.